The average Bonchev–Trinajstić information content (AvgIpc) is 2.58. The van der Waals surface area contributed by atoms with E-state index < -0.39 is 6.09 Å². The van der Waals surface area contributed by atoms with Crippen molar-refractivity contribution in [2.24, 2.45) is 5.92 Å². The van der Waals surface area contributed by atoms with Crippen LogP contribution in [-0.2, 0) is 11.3 Å². The van der Waals surface area contributed by atoms with Crippen LogP contribution in [0.15, 0.2) is 42.5 Å². The van der Waals surface area contributed by atoms with Gasteiger partial charge in [-0.2, -0.15) is 0 Å². The van der Waals surface area contributed by atoms with Crippen molar-refractivity contribution >= 4 is 6.09 Å². The van der Waals surface area contributed by atoms with Crippen LogP contribution in [0.4, 0.5) is 4.79 Å². The fourth-order valence-electron chi connectivity index (χ4n) is 2.66. The van der Waals surface area contributed by atoms with E-state index in [0.29, 0.717) is 6.54 Å². The minimum atomic E-state index is -0.444. The van der Waals surface area contributed by atoms with E-state index in [1.807, 2.05) is 30.3 Å². The Morgan fingerprint density at radius 2 is 1.95 bits per heavy atom. The zero-order chi connectivity index (χ0) is 15.5. The van der Waals surface area contributed by atoms with Gasteiger partial charge >= 0.3 is 6.09 Å². The molecule has 1 aliphatic rings. The molecule has 1 aromatic carbocycles. The number of carbonyl (C=O) groups excluding carboxylic acids is 1. The first kappa shape index (κ1) is 16.6. The lowest BCUT2D eigenvalue weighted by molar-refractivity contribution is 0.135. The number of hydrogen-bond donors (Lipinski definition) is 2. The third-order valence-corrected chi connectivity index (χ3v) is 3.90. The Bertz CT molecular complexity index is 453. The highest BCUT2D eigenvalue weighted by atomic mass is 16.6. The van der Waals surface area contributed by atoms with Gasteiger partial charge in [0.2, 0.25) is 0 Å². The zero-order valence-corrected chi connectivity index (χ0v) is 13.1. The third kappa shape index (κ3) is 6.76. The Hall–Kier alpha value is -1.81. The molecule has 120 valence electrons. The molecule has 2 rings (SSSR count). The SMILES string of the molecule is O=C(NNCCC=CC1CCCCC1)OCc1ccccc1. The number of hydrogen-bond acceptors (Lipinski definition) is 3. The zero-order valence-electron chi connectivity index (χ0n) is 13.1. The van der Waals surface area contributed by atoms with E-state index in [4.69, 9.17) is 4.74 Å². The Morgan fingerprint density at radius 3 is 2.73 bits per heavy atom. The van der Waals surface area contributed by atoms with Crippen LogP contribution in [0, 0.1) is 5.92 Å². The molecule has 22 heavy (non-hydrogen) atoms. The first-order valence-electron chi connectivity index (χ1n) is 8.21. The monoisotopic (exact) mass is 302 g/mol. The van der Waals surface area contributed by atoms with Crippen LogP contribution >= 0.6 is 0 Å². The molecule has 1 fully saturated rings. The Balaban J connectivity index is 1.49. The number of allylic oxidation sites excluding steroid dienone is 1. The van der Waals surface area contributed by atoms with E-state index in [2.05, 4.69) is 23.0 Å². The molecule has 0 atom stereocenters. The van der Waals surface area contributed by atoms with Crippen molar-refractivity contribution in [3.63, 3.8) is 0 Å². The highest BCUT2D eigenvalue weighted by Crippen LogP contribution is 2.24. The summed E-state index contributed by atoms with van der Waals surface area (Å²) < 4.78 is 5.10. The number of rotatable bonds is 7. The molecule has 0 aromatic heterocycles. The second kappa shape index (κ2) is 10.0. The second-order valence-corrected chi connectivity index (χ2v) is 5.73. The largest absolute Gasteiger partial charge is 0.444 e. The van der Waals surface area contributed by atoms with Crippen LogP contribution in [0.25, 0.3) is 0 Å². The van der Waals surface area contributed by atoms with Gasteiger partial charge in [-0.15, -0.1) is 0 Å². The summed E-state index contributed by atoms with van der Waals surface area (Å²) >= 11 is 0. The van der Waals surface area contributed by atoms with Crippen LogP contribution in [-0.4, -0.2) is 12.6 Å². The molecule has 4 heteroatoms. The number of carbonyl (C=O) groups is 1. The molecule has 1 aliphatic carbocycles. The van der Waals surface area contributed by atoms with Crippen LogP contribution in [0.1, 0.15) is 44.1 Å². The summed E-state index contributed by atoms with van der Waals surface area (Å²) in [5.41, 5.74) is 6.41. The van der Waals surface area contributed by atoms with Crippen molar-refractivity contribution in [3.8, 4) is 0 Å². The van der Waals surface area contributed by atoms with E-state index in [0.717, 1.165) is 17.9 Å². The summed E-state index contributed by atoms with van der Waals surface area (Å²) in [6, 6.07) is 9.64. The summed E-state index contributed by atoms with van der Waals surface area (Å²) in [7, 11) is 0. The normalized spacial score (nSPS) is 15.8. The number of hydrazine groups is 1. The molecule has 0 aliphatic heterocycles. The fourth-order valence-corrected chi connectivity index (χ4v) is 2.66. The molecule has 0 saturated heterocycles. The lowest BCUT2D eigenvalue weighted by Gasteiger charge is -2.17. The quantitative estimate of drug-likeness (QED) is 0.455. The molecule has 2 N–H and O–H groups in total. The van der Waals surface area contributed by atoms with Gasteiger partial charge in [-0.3, -0.25) is 5.43 Å². The number of benzene rings is 1. The summed E-state index contributed by atoms with van der Waals surface area (Å²) in [6.07, 6.45) is 11.8. The number of ether oxygens (including phenoxy) is 1. The standard InChI is InChI=1S/C18H26N2O2/c21-18(22-15-17-12-5-2-6-13-17)20-19-14-8-7-11-16-9-3-1-4-10-16/h2,5-7,11-13,16,19H,1,3-4,8-10,14-15H2,(H,20,21). The molecule has 0 heterocycles. The summed E-state index contributed by atoms with van der Waals surface area (Å²) in [5.74, 6) is 0.762. The van der Waals surface area contributed by atoms with Crippen molar-refractivity contribution in [3.05, 3.63) is 48.0 Å². The maximum atomic E-state index is 11.5. The van der Waals surface area contributed by atoms with Crippen molar-refractivity contribution < 1.29 is 9.53 Å². The van der Waals surface area contributed by atoms with Crippen molar-refractivity contribution in [2.45, 2.75) is 45.1 Å². The maximum Gasteiger partial charge on any atom is 0.421 e. The smallest absolute Gasteiger partial charge is 0.421 e. The van der Waals surface area contributed by atoms with Gasteiger partial charge in [0.25, 0.3) is 0 Å². The minimum absolute atomic E-state index is 0.288. The lowest BCUT2D eigenvalue weighted by atomic mass is 9.89. The molecule has 1 saturated carbocycles. The highest BCUT2D eigenvalue weighted by molar-refractivity contribution is 5.66. The van der Waals surface area contributed by atoms with Gasteiger partial charge < -0.3 is 4.74 Å². The van der Waals surface area contributed by atoms with Gasteiger partial charge in [0.1, 0.15) is 6.61 Å². The molecule has 0 radical (unpaired) electrons. The third-order valence-electron chi connectivity index (χ3n) is 3.90. The first-order valence-corrected chi connectivity index (χ1v) is 8.21. The van der Waals surface area contributed by atoms with Crippen molar-refractivity contribution in [2.75, 3.05) is 6.54 Å². The second-order valence-electron chi connectivity index (χ2n) is 5.73. The van der Waals surface area contributed by atoms with E-state index in [1.54, 1.807) is 0 Å². The molecular weight excluding hydrogens is 276 g/mol. The Labute approximate surface area is 132 Å². The predicted octanol–water partition coefficient (Wildman–Crippen LogP) is 3.94. The molecule has 0 bridgehead atoms. The topological polar surface area (TPSA) is 50.4 Å². The fraction of sp³-hybridized carbons (Fsp3) is 0.500. The van der Waals surface area contributed by atoms with Gasteiger partial charge in [0, 0.05) is 6.54 Å². The van der Waals surface area contributed by atoms with E-state index in [-0.39, 0.29) is 6.61 Å². The molecule has 0 unspecified atom stereocenters. The minimum Gasteiger partial charge on any atom is -0.444 e. The predicted molar refractivity (Wildman–Crippen MR) is 88.1 cm³/mol. The first-order chi connectivity index (χ1) is 10.8. The van der Waals surface area contributed by atoms with Crippen molar-refractivity contribution in [1.29, 1.82) is 0 Å². The average molecular weight is 302 g/mol. The number of amides is 1. The number of nitrogens with one attached hydrogen (secondary N) is 2. The molecule has 1 aromatic rings. The highest BCUT2D eigenvalue weighted by Gasteiger charge is 2.09. The van der Waals surface area contributed by atoms with Gasteiger partial charge in [-0.1, -0.05) is 61.7 Å². The summed E-state index contributed by atoms with van der Waals surface area (Å²) in [5, 5.41) is 0. The van der Waals surface area contributed by atoms with Crippen LogP contribution in [0.3, 0.4) is 0 Å². The molecular formula is C18H26N2O2. The molecule has 0 spiro atoms. The summed E-state index contributed by atoms with van der Waals surface area (Å²) in [6.45, 7) is 1.000. The van der Waals surface area contributed by atoms with Crippen LogP contribution in [0.2, 0.25) is 0 Å². The van der Waals surface area contributed by atoms with E-state index in [9.17, 15) is 4.79 Å². The maximum absolute atomic E-state index is 11.5. The Morgan fingerprint density at radius 1 is 1.18 bits per heavy atom. The lowest BCUT2D eigenvalue weighted by Crippen LogP contribution is -2.38. The van der Waals surface area contributed by atoms with E-state index >= 15 is 0 Å². The van der Waals surface area contributed by atoms with Gasteiger partial charge in [0.15, 0.2) is 0 Å². The molecule has 4 nitrogen and oxygen atoms in total. The molecule has 1 amide bonds. The van der Waals surface area contributed by atoms with Gasteiger partial charge in [-0.05, 0) is 30.7 Å². The summed E-state index contributed by atoms with van der Waals surface area (Å²) in [4.78, 5) is 11.5. The van der Waals surface area contributed by atoms with E-state index in [1.165, 1.54) is 32.1 Å². The van der Waals surface area contributed by atoms with Crippen LogP contribution in [0.5, 0.6) is 0 Å². The van der Waals surface area contributed by atoms with Crippen LogP contribution < -0.4 is 10.9 Å². The van der Waals surface area contributed by atoms with Crippen molar-refractivity contribution in [1.82, 2.24) is 10.9 Å². The van der Waals surface area contributed by atoms with Gasteiger partial charge in [0.05, 0.1) is 0 Å². The van der Waals surface area contributed by atoms with Gasteiger partial charge in [-0.25, -0.2) is 10.2 Å². The Kier molecular flexibility index (Phi) is 7.53.